The first-order valence-electron chi connectivity index (χ1n) is 6.70. The Balaban J connectivity index is 2.11. The molecule has 0 aliphatic carbocycles. The highest BCUT2D eigenvalue weighted by molar-refractivity contribution is 5.24. The van der Waals surface area contributed by atoms with Crippen molar-refractivity contribution in [1.82, 2.24) is 30.1 Å². The van der Waals surface area contributed by atoms with Crippen LogP contribution in [0.5, 0.6) is 0 Å². The minimum absolute atomic E-state index is 0.675. The molecule has 0 saturated heterocycles. The summed E-state index contributed by atoms with van der Waals surface area (Å²) in [7, 11) is 1.87. The fraction of sp³-hybridized carbons (Fsp3) is 0.615. The summed E-state index contributed by atoms with van der Waals surface area (Å²) >= 11 is 0. The van der Waals surface area contributed by atoms with E-state index in [1.807, 2.05) is 17.9 Å². The Morgan fingerprint density at radius 2 is 2.11 bits per heavy atom. The van der Waals surface area contributed by atoms with Crippen LogP contribution in [0.4, 0.5) is 0 Å². The van der Waals surface area contributed by atoms with Gasteiger partial charge in [0.05, 0.1) is 12.2 Å². The molecular weight excluding hydrogens is 240 g/mol. The van der Waals surface area contributed by atoms with Gasteiger partial charge in [-0.3, -0.25) is 9.36 Å². The molecule has 0 aliphatic rings. The summed E-state index contributed by atoms with van der Waals surface area (Å²) < 4.78 is 3.72. The quantitative estimate of drug-likeness (QED) is 0.794. The average Bonchev–Trinajstić information content (AvgIpc) is 2.88. The smallest absolute Gasteiger partial charge is 0.104 e. The Labute approximate surface area is 113 Å². The van der Waals surface area contributed by atoms with Gasteiger partial charge in [-0.25, -0.2) is 0 Å². The molecule has 1 N–H and O–H groups in total. The predicted octanol–water partition coefficient (Wildman–Crippen LogP) is 1.18. The van der Waals surface area contributed by atoms with Gasteiger partial charge in [0.25, 0.3) is 0 Å². The van der Waals surface area contributed by atoms with Crippen LogP contribution < -0.4 is 5.32 Å². The minimum Gasteiger partial charge on any atom is -0.313 e. The van der Waals surface area contributed by atoms with Crippen molar-refractivity contribution in [2.75, 3.05) is 6.54 Å². The van der Waals surface area contributed by atoms with Crippen molar-refractivity contribution in [3.63, 3.8) is 0 Å². The Morgan fingerprint density at radius 3 is 2.74 bits per heavy atom. The van der Waals surface area contributed by atoms with Crippen molar-refractivity contribution in [2.24, 2.45) is 7.05 Å². The number of hydrogen-bond donors (Lipinski definition) is 1. The van der Waals surface area contributed by atoms with Gasteiger partial charge in [-0.15, -0.1) is 5.10 Å². The van der Waals surface area contributed by atoms with Crippen molar-refractivity contribution in [2.45, 2.75) is 40.3 Å². The zero-order valence-corrected chi connectivity index (χ0v) is 12.1. The fourth-order valence-corrected chi connectivity index (χ4v) is 2.16. The van der Waals surface area contributed by atoms with E-state index >= 15 is 0 Å². The van der Waals surface area contributed by atoms with Gasteiger partial charge in [-0.1, -0.05) is 12.1 Å². The van der Waals surface area contributed by atoms with Crippen LogP contribution in [0.1, 0.15) is 36.0 Å². The second-order valence-corrected chi connectivity index (χ2v) is 4.87. The van der Waals surface area contributed by atoms with Crippen molar-refractivity contribution >= 4 is 0 Å². The average molecular weight is 262 g/mol. The molecule has 0 aromatic carbocycles. The minimum atomic E-state index is 0.675. The van der Waals surface area contributed by atoms with E-state index in [-0.39, 0.29) is 0 Å². The summed E-state index contributed by atoms with van der Waals surface area (Å²) in [4.78, 5) is 0. The Kier molecular flexibility index (Phi) is 4.31. The molecule has 0 saturated carbocycles. The third kappa shape index (κ3) is 3.20. The van der Waals surface area contributed by atoms with Crippen LogP contribution in [0, 0.1) is 13.8 Å². The van der Waals surface area contributed by atoms with Gasteiger partial charge in [0, 0.05) is 31.0 Å². The Morgan fingerprint density at radius 1 is 1.32 bits per heavy atom. The van der Waals surface area contributed by atoms with E-state index in [0.717, 1.165) is 30.9 Å². The molecule has 0 radical (unpaired) electrons. The van der Waals surface area contributed by atoms with E-state index in [0.29, 0.717) is 6.54 Å². The molecule has 0 unspecified atom stereocenters. The molecule has 2 aromatic heterocycles. The lowest BCUT2D eigenvalue weighted by atomic mass is 10.2. The number of nitrogens with zero attached hydrogens (tertiary/aromatic N) is 5. The summed E-state index contributed by atoms with van der Waals surface area (Å²) in [5.74, 6) is 0. The first-order valence-corrected chi connectivity index (χ1v) is 6.70. The summed E-state index contributed by atoms with van der Waals surface area (Å²) in [6.45, 7) is 8.93. The SMILES string of the molecule is CCCNCc1c(C)nn(Cc2cn(C)nn2)c1C. The molecule has 0 spiro atoms. The highest BCUT2D eigenvalue weighted by Crippen LogP contribution is 2.13. The molecule has 0 fully saturated rings. The van der Waals surface area contributed by atoms with Crippen LogP contribution >= 0.6 is 0 Å². The topological polar surface area (TPSA) is 60.6 Å². The summed E-state index contributed by atoms with van der Waals surface area (Å²) in [6, 6.07) is 0. The maximum atomic E-state index is 4.59. The zero-order chi connectivity index (χ0) is 13.8. The molecule has 0 bridgehead atoms. The molecule has 0 atom stereocenters. The fourth-order valence-electron chi connectivity index (χ4n) is 2.16. The first-order chi connectivity index (χ1) is 9.11. The van der Waals surface area contributed by atoms with E-state index in [4.69, 9.17) is 0 Å². The maximum Gasteiger partial charge on any atom is 0.104 e. The molecule has 6 heteroatoms. The molecule has 0 aliphatic heterocycles. The highest BCUT2D eigenvalue weighted by atomic mass is 15.4. The lowest BCUT2D eigenvalue weighted by Gasteiger charge is -2.05. The summed E-state index contributed by atoms with van der Waals surface area (Å²) in [5.41, 5.74) is 4.51. The van der Waals surface area contributed by atoms with E-state index in [2.05, 4.69) is 41.5 Å². The largest absolute Gasteiger partial charge is 0.313 e. The Hall–Kier alpha value is -1.69. The van der Waals surface area contributed by atoms with Gasteiger partial charge in [-0.05, 0) is 26.8 Å². The van der Waals surface area contributed by atoms with Crippen LogP contribution in [0.3, 0.4) is 0 Å². The Bertz CT molecular complexity index is 539. The van der Waals surface area contributed by atoms with E-state index in [9.17, 15) is 0 Å². The summed E-state index contributed by atoms with van der Waals surface area (Å²) in [6.07, 6.45) is 3.07. The zero-order valence-electron chi connectivity index (χ0n) is 12.1. The van der Waals surface area contributed by atoms with Crippen LogP contribution in [0.2, 0.25) is 0 Å². The molecule has 19 heavy (non-hydrogen) atoms. The van der Waals surface area contributed by atoms with Gasteiger partial charge < -0.3 is 5.32 Å². The molecule has 2 heterocycles. The standard InChI is InChI=1S/C13H22N6/c1-5-6-14-7-13-10(2)16-19(11(13)3)9-12-8-18(4)17-15-12/h8,14H,5-7,9H2,1-4H3. The molecule has 0 amide bonds. The first kappa shape index (κ1) is 13.7. The molecule has 2 rings (SSSR count). The van der Waals surface area contributed by atoms with Crippen LogP contribution in [0.15, 0.2) is 6.20 Å². The van der Waals surface area contributed by atoms with Gasteiger partial charge in [0.2, 0.25) is 0 Å². The third-order valence-corrected chi connectivity index (χ3v) is 3.22. The van der Waals surface area contributed by atoms with Crippen molar-refractivity contribution in [1.29, 1.82) is 0 Å². The number of rotatable bonds is 6. The van der Waals surface area contributed by atoms with Crippen LogP contribution in [-0.2, 0) is 20.1 Å². The molecular formula is C13H22N6. The molecule has 2 aromatic rings. The van der Waals surface area contributed by atoms with Crippen molar-refractivity contribution < 1.29 is 0 Å². The number of nitrogens with one attached hydrogen (secondary N) is 1. The molecule has 6 nitrogen and oxygen atoms in total. The van der Waals surface area contributed by atoms with Gasteiger partial charge >= 0.3 is 0 Å². The number of aryl methyl sites for hydroxylation is 2. The predicted molar refractivity (Wildman–Crippen MR) is 73.8 cm³/mol. The van der Waals surface area contributed by atoms with E-state index < -0.39 is 0 Å². The highest BCUT2D eigenvalue weighted by Gasteiger charge is 2.12. The monoisotopic (exact) mass is 262 g/mol. The maximum absolute atomic E-state index is 4.59. The van der Waals surface area contributed by atoms with Crippen LogP contribution in [0.25, 0.3) is 0 Å². The normalized spacial score (nSPS) is 11.2. The second kappa shape index (κ2) is 5.97. The molecule has 104 valence electrons. The van der Waals surface area contributed by atoms with Crippen molar-refractivity contribution in [3.8, 4) is 0 Å². The third-order valence-electron chi connectivity index (χ3n) is 3.22. The van der Waals surface area contributed by atoms with Crippen LogP contribution in [-0.4, -0.2) is 31.3 Å². The second-order valence-electron chi connectivity index (χ2n) is 4.87. The lowest BCUT2D eigenvalue weighted by molar-refractivity contribution is 0.638. The van der Waals surface area contributed by atoms with Gasteiger partial charge in [0.15, 0.2) is 0 Å². The van der Waals surface area contributed by atoms with Gasteiger partial charge in [0.1, 0.15) is 5.69 Å². The lowest BCUT2D eigenvalue weighted by Crippen LogP contribution is -2.15. The van der Waals surface area contributed by atoms with E-state index in [1.165, 1.54) is 11.3 Å². The number of hydrogen-bond acceptors (Lipinski definition) is 4. The summed E-state index contributed by atoms with van der Waals surface area (Å²) in [5, 5.41) is 16.1. The van der Waals surface area contributed by atoms with Gasteiger partial charge in [-0.2, -0.15) is 5.10 Å². The number of aromatic nitrogens is 5. The van der Waals surface area contributed by atoms with E-state index in [1.54, 1.807) is 4.68 Å². The van der Waals surface area contributed by atoms with Crippen molar-refractivity contribution in [3.05, 3.63) is 28.8 Å².